The Labute approximate surface area is 59.6 Å². The Morgan fingerprint density at radius 3 is 2.00 bits per heavy atom. The molecule has 0 bridgehead atoms. The van der Waals surface area contributed by atoms with Crippen LogP contribution in [0.15, 0.2) is 0 Å². The van der Waals surface area contributed by atoms with Crippen molar-refractivity contribution in [2.75, 3.05) is 0 Å². The Bertz CT molecular complexity index is 195. The summed E-state index contributed by atoms with van der Waals surface area (Å²) in [5, 5.41) is 0. The summed E-state index contributed by atoms with van der Waals surface area (Å²) in [6.45, 7) is 0. The molecule has 0 saturated heterocycles. The molecule has 0 aromatic heterocycles. The first kappa shape index (κ1) is 6.08. The van der Waals surface area contributed by atoms with E-state index in [1.54, 1.807) is 0 Å². The highest BCUT2D eigenvalue weighted by atomic mass is 16.1. The lowest BCUT2D eigenvalue weighted by Gasteiger charge is -2.16. The smallest absolute Gasteiger partial charge is 0.140 e. The van der Waals surface area contributed by atoms with Crippen LogP contribution in [0.4, 0.5) is 0 Å². The van der Waals surface area contributed by atoms with E-state index in [-0.39, 0.29) is 5.41 Å². The van der Waals surface area contributed by atoms with Gasteiger partial charge in [0.2, 0.25) is 0 Å². The predicted molar refractivity (Wildman–Crippen MR) is 35.5 cm³/mol. The Morgan fingerprint density at radius 2 is 1.60 bits per heavy atom. The maximum absolute atomic E-state index is 10.9. The van der Waals surface area contributed by atoms with E-state index in [0.717, 1.165) is 19.3 Å². The van der Waals surface area contributed by atoms with Crippen molar-refractivity contribution >= 4 is 11.6 Å². The SMILES string of the molecule is O=C1CCC2(CC1)CC2=O. The van der Waals surface area contributed by atoms with Gasteiger partial charge in [0.1, 0.15) is 11.6 Å². The van der Waals surface area contributed by atoms with E-state index in [4.69, 9.17) is 0 Å². The molecule has 0 radical (unpaired) electrons. The molecule has 2 nitrogen and oxygen atoms in total. The van der Waals surface area contributed by atoms with Gasteiger partial charge in [0.15, 0.2) is 0 Å². The van der Waals surface area contributed by atoms with Gasteiger partial charge >= 0.3 is 0 Å². The van der Waals surface area contributed by atoms with Gasteiger partial charge in [-0.05, 0) is 12.8 Å². The molecular weight excluding hydrogens is 128 g/mol. The first-order valence-electron chi connectivity index (χ1n) is 3.78. The molecule has 54 valence electrons. The first-order chi connectivity index (χ1) is 4.73. The van der Waals surface area contributed by atoms with E-state index in [0.29, 0.717) is 24.4 Å². The van der Waals surface area contributed by atoms with E-state index in [9.17, 15) is 9.59 Å². The molecule has 2 saturated carbocycles. The third kappa shape index (κ3) is 0.713. The van der Waals surface area contributed by atoms with Gasteiger partial charge in [0, 0.05) is 24.7 Å². The van der Waals surface area contributed by atoms with Crippen LogP contribution in [0, 0.1) is 5.41 Å². The Morgan fingerprint density at radius 1 is 1.10 bits per heavy atom. The van der Waals surface area contributed by atoms with E-state index >= 15 is 0 Å². The number of carbonyl (C=O) groups excluding carboxylic acids is 2. The molecule has 0 aliphatic heterocycles. The van der Waals surface area contributed by atoms with Crippen molar-refractivity contribution in [3.8, 4) is 0 Å². The molecule has 2 aliphatic rings. The Kier molecular flexibility index (Phi) is 1.02. The van der Waals surface area contributed by atoms with Gasteiger partial charge in [0.25, 0.3) is 0 Å². The van der Waals surface area contributed by atoms with Crippen molar-refractivity contribution in [1.29, 1.82) is 0 Å². The van der Waals surface area contributed by atoms with Gasteiger partial charge in [-0.25, -0.2) is 0 Å². The van der Waals surface area contributed by atoms with Gasteiger partial charge < -0.3 is 0 Å². The summed E-state index contributed by atoms with van der Waals surface area (Å²) in [7, 11) is 0. The zero-order chi connectivity index (χ0) is 7.19. The lowest BCUT2D eigenvalue weighted by Crippen LogP contribution is -2.16. The number of hydrogen-bond donors (Lipinski definition) is 0. The molecule has 1 spiro atoms. The van der Waals surface area contributed by atoms with Crippen LogP contribution >= 0.6 is 0 Å². The van der Waals surface area contributed by atoms with Gasteiger partial charge in [-0.1, -0.05) is 0 Å². The van der Waals surface area contributed by atoms with E-state index in [2.05, 4.69) is 0 Å². The maximum Gasteiger partial charge on any atom is 0.140 e. The second-order valence-corrected chi connectivity index (χ2v) is 3.42. The molecule has 0 atom stereocenters. The average Bonchev–Trinajstić information content (AvgIpc) is 2.53. The van der Waals surface area contributed by atoms with Gasteiger partial charge in [0.05, 0.1) is 0 Å². The lowest BCUT2D eigenvalue weighted by molar-refractivity contribution is -0.122. The highest BCUT2D eigenvalue weighted by Gasteiger charge is 2.54. The largest absolute Gasteiger partial charge is 0.300 e. The van der Waals surface area contributed by atoms with Crippen molar-refractivity contribution in [3.63, 3.8) is 0 Å². The second-order valence-electron chi connectivity index (χ2n) is 3.42. The van der Waals surface area contributed by atoms with Gasteiger partial charge in [-0.15, -0.1) is 0 Å². The minimum atomic E-state index is 0.00785. The van der Waals surface area contributed by atoms with Gasteiger partial charge in [-0.3, -0.25) is 9.59 Å². The fraction of sp³-hybridized carbons (Fsp3) is 0.750. The van der Waals surface area contributed by atoms with Crippen molar-refractivity contribution < 1.29 is 9.59 Å². The van der Waals surface area contributed by atoms with Crippen molar-refractivity contribution in [2.24, 2.45) is 5.41 Å². The van der Waals surface area contributed by atoms with Gasteiger partial charge in [-0.2, -0.15) is 0 Å². The van der Waals surface area contributed by atoms with E-state index in [1.165, 1.54) is 0 Å². The second kappa shape index (κ2) is 1.68. The number of hydrogen-bond acceptors (Lipinski definition) is 2. The van der Waals surface area contributed by atoms with E-state index in [1.807, 2.05) is 0 Å². The summed E-state index contributed by atoms with van der Waals surface area (Å²) in [5.74, 6) is 0.727. The number of Topliss-reactive ketones (excluding diaryl/α,β-unsaturated/α-hetero) is 2. The lowest BCUT2D eigenvalue weighted by atomic mass is 9.85. The topological polar surface area (TPSA) is 34.1 Å². The third-order valence-electron chi connectivity index (χ3n) is 2.73. The average molecular weight is 138 g/mol. The summed E-state index contributed by atoms with van der Waals surface area (Å²) in [4.78, 5) is 21.6. The standard InChI is InChI=1S/C8H10O2/c9-6-1-3-8(4-2-6)5-7(8)10/h1-5H2. The maximum atomic E-state index is 10.9. The summed E-state index contributed by atoms with van der Waals surface area (Å²) < 4.78 is 0. The number of carbonyl (C=O) groups is 2. The molecule has 2 aliphatic carbocycles. The normalized spacial score (nSPS) is 29.2. The van der Waals surface area contributed by atoms with Crippen LogP contribution in [-0.2, 0) is 9.59 Å². The highest BCUT2D eigenvalue weighted by molar-refractivity contribution is 6.02. The van der Waals surface area contributed by atoms with Crippen LogP contribution in [-0.4, -0.2) is 11.6 Å². The number of rotatable bonds is 0. The minimum Gasteiger partial charge on any atom is -0.300 e. The van der Waals surface area contributed by atoms with Crippen LogP contribution < -0.4 is 0 Å². The van der Waals surface area contributed by atoms with Crippen molar-refractivity contribution in [1.82, 2.24) is 0 Å². The minimum absolute atomic E-state index is 0.00785. The summed E-state index contributed by atoms with van der Waals surface area (Å²) in [5.41, 5.74) is 0.00785. The molecule has 0 heterocycles. The highest BCUT2D eigenvalue weighted by Crippen LogP contribution is 2.51. The Hall–Kier alpha value is -0.660. The molecule has 2 heteroatoms. The fourth-order valence-corrected chi connectivity index (χ4v) is 1.73. The summed E-state index contributed by atoms with van der Waals surface area (Å²) in [6, 6.07) is 0. The van der Waals surface area contributed by atoms with Crippen LogP contribution in [0.3, 0.4) is 0 Å². The zero-order valence-electron chi connectivity index (χ0n) is 5.85. The molecule has 0 N–H and O–H groups in total. The molecule has 0 aromatic rings. The van der Waals surface area contributed by atoms with Crippen LogP contribution in [0.5, 0.6) is 0 Å². The predicted octanol–water partition coefficient (Wildman–Crippen LogP) is 1.09. The van der Waals surface area contributed by atoms with Crippen molar-refractivity contribution in [2.45, 2.75) is 32.1 Å². The number of ketones is 2. The molecule has 0 unspecified atom stereocenters. The van der Waals surface area contributed by atoms with Crippen molar-refractivity contribution in [3.05, 3.63) is 0 Å². The van der Waals surface area contributed by atoms with E-state index < -0.39 is 0 Å². The van der Waals surface area contributed by atoms with Crippen LogP contribution in [0.25, 0.3) is 0 Å². The third-order valence-corrected chi connectivity index (χ3v) is 2.73. The Balaban J connectivity index is 2.05. The monoisotopic (exact) mass is 138 g/mol. The zero-order valence-corrected chi connectivity index (χ0v) is 5.85. The summed E-state index contributed by atoms with van der Waals surface area (Å²) >= 11 is 0. The quantitative estimate of drug-likeness (QED) is 0.502. The molecule has 0 amide bonds. The molecular formula is C8H10O2. The molecule has 10 heavy (non-hydrogen) atoms. The van der Waals surface area contributed by atoms with Crippen LogP contribution in [0.1, 0.15) is 32.1 Å². The fourth-order valence-electron chi connectivity index (χ4n) is 1.73. The summed E-state index contributed by atoms with van der Waals surface area (Å²) in [6.07, 6.45) is 3.72. The first-order valence-corrected chi connectivity index (χ1v) is 3.78. The molecule has 2 rings (SSSR count). The molecule has 0 aromatic carbocycles. The molecule has 2 fully saturated rings. The van der Waals surface area contributed by atoms with Crippen LogP contribution in [0.2, 0.25) is 0 Å².